The van der Waals surface area contributed by atoms with Gasteiger partial charge in [-0.1, -0.05) is 18.6 Å². The van der Waals surface area contributed by atoms with Crippen LogP contribution in [0.4, 0.5) is 5.69 Å². The number of carbonyl (C=O) groups is 2. The van der Waals surface area contributed by atoms with Crippen LogP contribution in [-0.4, -0.2) is 36.7 Å². The first-order valence-corrected chi connectivity index (χ1v) is 7.33. The molecule has 0 saturated carbocycles. The molecule has 0 radical (unpaired) electrons. The third-order valence-electron chi connectivity index (χ3n) is 3.66. The molecule has 0 aliphatic carbocycles. The highest BCUT2D eigenvalue weighted by Gasteiger charge is 2.11. The molecule has 4 heteroatoms. The van der Waals surface area contributed by atoms with E-state index in [0.29, 0.717) is 12.8 Å². The number of nitrogens with zero attached hydrogens (tertiary/aromatic N) is 1. The van der Waals surface area contributed by atoms with Gasteiger partial charge in [0.05, 0.1) is 0 Å². The first kappa shape index (κ1) is 14.7. The van der Waals surface area contributed by atoms with Gasteiger partial charge in [0.1, 0.15) is 6.29 Å². The van der Waals surface area contributed by atoms with Crippen molar-refractivity contribution in [3.8, 4) is 0 Å². The standard InChI is InChI=1S/C16H22N2O2/c19-13-9-14-4-6-15(7-5-14)17-16(20)8-12-18-10-2-1-3-11-18/h4-7,13H,1-3,8-12H2,(H,17,20). The third-order valence-corrected chi connectivity index (χ3v) is 3.66. The minimum Gasteiger partial charge on any atom is -0.326 e. The summed E-state index contributed by atoms with van der Waals surface area (Å²) in [4.78, 5) is 24.6. The largest absolute Gasteiger partial charge is 0.326 e. The summed E-state index contributed by atoms with van der Waals surface area (Å²) in [6, 6.07) is 7.43. The first-order chi connectivity index (χ1) is 9.78. The molecule has 4 nitrogen and oxygen atoms in total. The Kier molecular flexibility index (Phi) is 5.74. The van der Waals surface area contributed by atoms with Crippen molar-refractivity contribution in [3.05, 3.63) is 29.8 Å². The summed E-state index contributed by atoms with van der Waals surface area (Å²) in [5, 5.41) is 2.90. The summed E-state index contributed by atoms with van der Waals surface area (Å²) in [5.41, 5.74) is 1.76. The van der Waals surface area contributed by atoms with Crippen molar-refractivity contribution in [1.82, 2.24) is 4.90 Å². The van der Waals surface area contributed by atoms with Gasteiger partial charge in [0.15, 0.2) is 0 Å². The predicted molar refractivity (Wildman–Crippen MR) is 79.7 cm³/mol. The maximum atomic E-state index is 11.9. The van der Waals surface area contributed by atoms with E-state index < -0.39 is 0 Å². The number of hydrogen-bond donors (Lipinski definition) is 1. The highest BCUT2D eigenvalue weighted by atomic mass is 16.1. The van der Waals surface area contributed by atoms with Crippen LogP contribution in [0.15, 0.2) is 24.3 Å². The fraction of sp³-hybridized carbons (Fsp3) is 0.500. The van der Waals surface area contributed by atoms with Crippen LogP contribution in [0, 0.1) is 0 Å². The lowest BCUT2D eigenvalue weighted by Crippen LogP contribution is -2.32. The van der Waals surface area contributed by atoms with E-state index in [1.165, 1.54) is 19.3 Å². The van der Waals surface area contributed by atoms with Gasteiger partial charge in [0.25, 0.3) is 0 Å². The van der Waals surface area contributed by atoms with E-state index in [-0.39, 0.29) is 5.91 Å². The van der Waals surface area contributed by atoms with Gasteiger partial charge >= 0.3 is 0 Å². The molecule has 1 heterocycles. The monoisotopic (exact) mass is 274 g/mol. The number of likely N-dealkylation sites (tertiary alicyclic amines) is 1. The topological polar surface area (TPSA) is 49.4 Å². The minimum absolute atomic E-state index is 0.0544. The SMILES string of the molecule is O=CCc1ccc(NC(=O)CCN2CCCCC2)cc1. The summed E-state index contributed by atoms with van der Waals surface area (Å²) >= 11 is 0. The summed E-state index contributed by atoms with van der Waals surface area (Å²) in [6.07, 6.45) is 5.65. The summed E-state index contributed by atoms with van der Waals surface area (Å²) in [7, 11) is 0. The van der Waals surface area contributed by atoms with Crippen LogP contribution in [0.2, 0.25) is 0 Å². The second kappa shape index (κ2) is 7.80. The first-order valence-electron chi connectivity index (χ1n) is 7.33. The van der Waals surface area contributed by atoms with Crippen molar-refractivity contribution in [2.24, 2.45) is 0 Å². The Morgan fingerprint density at radius 2 is 1.85 bits per heavy atom. The van der Waals surface area contributed by atoms with Gasteiger partial charge < -0.3 is 15.0 Å². The minimum atomic E-state index is 0.0544. The smallest absolute Gasteiger partial charge is 0.225 e. The lowest BCUT2D eigenvalue weighted by atomic mass is 10.1. The molecule has 1 saturated heterocycles. The molecular weight excluding hydrogens is 252 g/mol. The van der Waals surface area contributed by atoms with E-state index in [0.717, 1.165) is 37.2 Å². The maximum Gasteiger partial charge on any atom is 0.225 e. The van der Waals surface area contributed by atoms with Gasteiger partial charge in [-0.25, -0.2) is 0 Å². The molecule has 1 aromatic carbocycles. The van der Waals surface area contributed by atoms with Gasteiger partial charge in [-0.2, -0.15) is 0 Å². The Morgan fingerprint density at radius 3 is 2.50 bits per heavy atom. The van der Waals surface area contributed by atoms with Crippen LogP contribution in [-0.2, 0) is 16.0 Å². The molecule has 0 spiro atoms. The van der Waals surface area contributed by atoms with Crippen LogP contribution in [0.1, 0.15) is 31.2 Å². The Balaban J connectivity index is 1.74. The van der Waals surface area contributed by atoms with Gasteiger partial charge in [-0.15, -0.1) is 0 Å². The number of aldehydes is 1. The Bertz CT molecular complexity index is 436. The molecule has 1 aromatic rings. The molecular formula is C16H22N2O2. The van der Waals surface area contributed by atoms with Gasteiger partial charge in [0, 0.05) is 25.1 Å². The van der Waals surface area contributed by atoms with E-state index in [4.69, 9.17) is 0 Å². The number of hydrogen-bond acceptors (Lipinski definition) is 3. The molecule has 0 aromatic heterocycles. The molecule has 0 unspecified atom stereocenters. The molecule has 0 atom stereocenters. The van der Waals surface area contributed by atoms with E-state index in [1.807, 2.05) is 24.3 Å². The number of carbonyl (C=O) groups excluding carboxylic acids is 2. The fourth-order valence-corrected chi connectivity index (χ4v) is 2.49. The highest BCUT2D eigenvalue weighted by Crippen LogP contribution is 2.11. The highest BCUT2D eigenvalue weighted by molar-refractivity contribution is 5.90. The second-order valence-electron chi connectivity index (χ2n) is 5.27. The van der Waals surface area contributed by atoms with Crippen molar-refractivity contribution in [3.63, 3.8) is 0 Å². The molecule has 1 fully saturated rings. The van der Waals surface area contributed by atoms with Gasteiger partial charge in [-0.05, 0) is 43.6 Å². The zero-order chi connectivity index (χ0) is 14.2. The third kappa shape index (κ3) is 4.78. The van der Waals surface area contributed by atoms with Crippen molar-refractivity contribution in [1.29, 1.82) is 0 Å². The molecule has 1 amide bonds. The van der Waals surface area contributed by atoms with Crippen molar-refractivity contribution < 1.29 is 9.59 Å². The van der Waals surface area contributed by atoms with Crippen LogP contribution in [0.3, 0.4) is 0 Å². The number of nitrogens with one attached hydrogen (secondary N) is 1. The number of amides is 1. The zero-order valence-corrected chi connectivity index (χ0v) is 11.8. The lowest BCUT2D eigenvalue weighted by Gasteiger charge is -2.25. The van der Waals surface area contributed by atoms with E-state index in [1.54, 1.807) is 0 Å². The molecule has 2 rings (SSSR count). The van der Waals surface area contributed by atoms with Crippen LogP contribution in [0.5, 0.6) is 0 Å². The fourth-order valence-electron chi connectivity index (χ4n) is 2.49. The molecule has 20 heavy (non-hydrogen) atoms. The number of anilines is 1. The zero-order valence-electron chi connectivity index (χ0n) is 11.8. The number of rotatable bonds is 6. The molecule has 1 aliphatic heterocycles. The van der Waals surface area contributed by atoms with E-state index >= 15 is 0 Å². The second-order valence-corrected chi connectivity index (χ2v) is 5.27. The van der Waals surface area contributed by atoms with Gasteiger partial charge in [0.2, 0.25) is 5.91 Å². The van der Waals surface area contributed by atoms with Crippen molar-refractivity contribution in [2.45, 2.75) is 32.1 Å². The van der Waals surface area contributed by atoms with Crippen molar-refractivity contribution >= 4 is 17.9 Å². The summed E-state index contributed by atoms with van der Waals surface area (Å²) < 4.78 is 0. The Labute approximate surface area is 120 Å². The number of benzene rings is 1. The van der Waals surface area contributed by atoms with E-state index in [9.17, 15) is 9.59 Å². The van der Waals surface area contributed by atoms with E-state index in [2.05, 4.69) is 10.2 Å². The molecule has 108 valence electrons. The maximum absolute atomic E-state index is 11.9. The quantitative estimate of drug-likeness (QED) is 0.809. The normalized spacial score (nSPS) is 15.8. The van der Waals surface area contributed by atoms with Crippen LogP contribution >= 0.6 is 0 Å². The summed E-state index contributed by atoms with van der Waals surface area (Å²) in [5.74, 6) is 0.0544. The van der Waals surface area contributed by atoms with Crippen LogP contribution < -0.4 is 5.32 Å². The lowest BCUT2D eigenvalue weighted by molar-refractivity contribution is -0.116. The summed E-state index contributed by atoms with van der Waals surface area (Å²) in [6.45, 7) is 3.08. The Morgan fingerprint density at radius 1 is 1.15 bits per heavy atom. The van der Waals surface area contributed by atoms with Crippen LogP contribution in [0.25, 0.3) is 0 Å². The predicted octanol–water partition coefficient (Wildman–Crippen LogP) is 2.24. The molecule has 1 N–H and O–H groups in total. The number of piperidine rings is 1. The average Bonchev–Trinajstić information content (AvgIpc) is 2.49. The van der Waals surface area contributed by atoms with Crippen molar-refractivity contribution in [2.75, 3.05) is 25.0 Å². The average molecular weight is 274 g/mol. The van der Waals surface area contributed by atoms with Gasteiger partial charge in [-0.3, -0.25) is 4.79 Å². The molecule has 1 aliphatic rings. The molecule has 0 bridgehead atoms. The Hall–Kier alpha value is -1.68.